The van der Waals surface area contributed by atoms with Gasteiger partial charge < -0.3 is 5.11 Å². The fraction of sp³-hybridized carbons (Fsp3) is 0.500. The number of hydrogen-bond donors (Lipinski definition) is 1. The van der Waals surface area contributed by atoms with E-state index < -0.39 is 17.7 Å². The molecule has 1 N–H and O–H groups in total. The van der Waals surface area contributed by atoms with Gasteiger partial charge in [0.25, 0.3) is 0 Å². The molecule has 1 unspecified atom stereocenters. The van der Waals surface area contributed by atoms with Crippen molar-refractivity contribution < 1.29 is 13.9 Å². The summed E-state index contributed by atoms with van der Waals surface area (Å²) in [5.74, 6) is -1.36. The minimum atomic E-state index is -0.960. The van der Waals surface area contributed by atoms with Crippen LogP contribution in [0.15, 0.2) is 12.1 Å². The van der Waals surface area contributed by atoms with E-state index in [1.165, 1.54) is 0 Å². The fourth-order valence-electron chi connectivity index (χ4n) is 1.54. The van der Waals surface area contributed by atoms with Gasteiger partial charge >= 0.3 is 0 Å². The molecule has 0 amide bonds. The number of rotatable bonds is 5. The van der Waals surface area contributed by atoms with Gasteiger partial charge in [-0.15, -0.1) is 0 Å². The van der Waals surface area contributed by atoms with Crippen molar-refractivity contribution in [1.82, 2.24) is 0 Å². The summed E-state index contributed by atoms with van der Waals surface area (Å²) in [6, 6.07) is 1.86. The van der Waals surface area contributed by atoms with Crippen LogP contribution in [0.1, 0.15) is 44.3 Å². The fourth-order valence-corrected chi connectivity index (χ4v) is 1.69. The average Bonchev–Trinajstić information content (AvgIpc) is 2.23. The molecule has 0 radical (unpaired) electrons. The van der Waals surface area contributed by atoms with Crippen LogP contribution in [0.5, 0.6) is 0 Å². The Morgan fingerprint density at radius 1 is 1.25 bits per heavy atom. The van der Waals surface area contributed by atoms with Crippen LogP contribution in [0, 0.1) is 11.6 Å². The van der Waals surface area contributed by atoms with Gasteiger partial charge in [0.05, 0.1) is 11.1 Å². The molecule has 0 saturated carbocycles. The SMILES string of the molecule is CCCCCC(O)c1cc(F)c(Cl)cc1F. The highest BCUT2D eigenvalue weighted by atomic mass is 35.5. The molecule has 1 aromatic carbocycles. The van der Waals surface area contributed by atoms with Gasteiger partial charge in [-0.25, -0.2) is 8.78 Å². The molecule has 0 aliphatic heterocycles. The Kier molecular flexibility index (Phi) is 5.16. The van der Waals surface area contributed by atoms with Crippen LogP contribution in [-0.2, 0) is 0 Å². The zero-order chi connectivity index (χ0) is 12.1. The summed E-state index contributed by atoms with van der Waals surface area (Å²) in [4.78, 5) is 0. The second kappa shape index (κ2) is 6.16. The number of halogens is 3. The topological polar surface area (TPSA) is 20.2 Å². The number of benzene rings is 1. The van der Waals surface area contributed by atoms with Crippen LogP contribution in [0.2, 0.25) is 5.02 Å². The molecule has 0 aliphatic rings. The number of hydrogen-bond acceptors (Lipinski definition) is 1. The molecular weight excluding hydrogens is 234 g/mol. The van der Waals surface area contributed by atoms with E-state index >= 15 is 0 Å². The molecule has 4 heteroatoms. The van der Waals surface area contributed by atoms with Gasteiger partial charge in [0.15, 0.2) is 0 Å². The van der Waals surface area contributed by atoms with Crippen LogP contribution in [0.25, 0.3) is 0 Å². The summed E-state index contributed by atoms with van der Waals surface area (Å²) in [6.45, 7) is 2.04. The Hall–Kier alpha value is -0.670. The lowest BCUT2D eigenvalue weighted by Gasteiger charge is -2.12. The maximum absolute atomic E-state index is 13.4. The standard InChI is InChI=1S/C12H15ClF2O/c1-2-3-4-5-12(16)8-6-11(15)9(13)7-10(8)14/h6-7,12,16H,2-5H2,1H3. The Balaban J connectivity index is 2.75. The molecule has 0 saturated heterocycles. The molecule has 0 aromatic heterocycles. The van der Waals surface area contributed by atoms with E-state index in [1.54, 1.807) is 0 Å². The molecule has 1 atom stereocenters. The van der Waals surface area contributed by atoms with Crippen molar-refractivity contribution in [3.05, 3.63) is 34.4 Å². The third kappa shape index (κ3) is 3.42. The van der Waals surface area contributed by atoms with Gasteiger partial charge in [0.2, 0.25) is 0 Å². The Morgan fingerprint density at radius 3 is 2.56 bits per heavy atom. The van der Waals surface area contributed by atoms with Crippen LogP contribution < -0.4 is 0 Å². The monoisotopic (exact) mass is 248 g/mol. The first-order valence-corrected chi connectivity index (χ1v) is 5.76. The highest BCUT2D eigenvalue weighted by Gasteiger charge is 2.15. The second-order valence-corrected chi connectivity index (χ2v) is 4.21. The first-order chi connectivity index (χ1) is 7.56. The van der Waals surface area contributed by atoms with Crippen molar-refractivity contribution in [3.8, 4) is 0 Å². The van der Waals surface area contributed by atoms with Crippen molar-refractivity contribution >= 4 is 11.6 Å². The maximum atomic E-state index is 13.4. The molecule has 0 heterocycles. The van der Waals surface area contributed by atoms with Gasteiger partial charge in [-0.05, 0) is 18.6 Å². The molecule has 0 fully saturated rings. The van der Waals surface area contributed by atoms with E-state index in [2.05, 4.69) is 0 Å². The highest BCUT2D eigenvalue weighted by Crippen LogP contribution is 2.26. The van der Waals surface area contributed by atoms with Crippen LogP contribution in [-0.4, -0.2) is 5.11 Å². The smallest absolute Gasteiger partial charge is 0.142 e. The lowest BCUT2D eigenvalue weighted by molar-refractivity contribution is 0.158. The minimum Gasteiger partial charge on any atom is -0.388 e. The molecular formula is C12H15ClF2O. The molecule has 0 aliphatic carbocycles. The Bertz CT molecular complexity index is 355. The molecule has 90 valence electrons. The number of aliphatic hydroxyl groups is 1. The van der Waals surface area contributed by atoms with Gasteiger partial charge in [0.1, 0.15) is 11.6 Å². The van der Waals surface area contributed by atoms with Gasteiger partial charge in [-0.1, -0.05) is 37.8 Å². The molecule has 0 bridgehead atoms. The second-order valence-electron chi connectivity index (χ2n) is 3.80. The van der Waals surface area contributed by atoms with Crippen molar-refractivity contribution in [1.29, 1.82) is 0 Å². The predicted octanol–water partition coefficient (Wildman–Crippen LogP) is 4.23. The summed E-state index contributed by atoms with van der Waals surface area (Å²) >= 11 is 5.42. The summed E-state index contributed by atoms with van der Waals surface area (Å²) in [7, 11) is 0. The Labute approximate surface area is 99.0 Å². The first kappa shape index (κ1) is 13.4. The van der Waals surface area contributed by atoms with E-state index in [-0.39, 0.29) is 10.6 Å². The van der Waals surface area contributed by atoms with E-state index in [1.807, 2.05) is 6.92 Å². The summed E-state index contributed by atoms with van der Waals surface area (Å²) < 4.78 is 26.5. The zero-order valence-corrected chi connectivity index (χ0v) is 9.90. The molecule has 1 nitrogen and oxygen atoms in total. The van der Waals surface area contributed by atoms with Crippen molar-refractivity contribution in [2.45, 2.75) is 38.7 Å². The largest absolute Gasteiger partial charge is 0.388 e. The highest BCUT2D eigenvalue weighted by molar-refractivity contribution is 6.30. The van der Waals surface area contributed by atoms with E-state index in [4.69, 9.17) is 11.6 Å². The number of unbranched alkanes of at least 4 members (excludes halogenated alkanes) is 2. The lowest BCUT2D eigenvalue weighted by atomic mass is 10.0. The van der Waals surface area contributed by atoms with Crippen LogP contribution >= 0.6 is 11.6 Å². The number of aliphatic hydroxyl groups excluding tert-OH is 1. The average molecular weight is 249 g/mol. The summed E-state index contributed by atoms with van der Waals surface area (Å²) in [6.07, 6.45) is 2.25. The van der Waals surface area contributed by atoms with Gasteiger partial charge in [0, 0.05) is 5.56 Å². The minimum absolute atomic E-state index is 0.0157. The molecule has 16 heavy (non-hydrogen) atoms. The third-order valence-corrected chi connectivity index (χ3v) is 2.77. The lowest BCUT2D eigenvalue weighted by Crippen LogP contribution is -2.02. The molecule has 0 spiro atoms. The third-order valence-electron chi connectivity index (χ3n) is 2.48. The van der Waals surface area contributed by atoms with Crippen LogP contribution in [0.3, 0.4) is 0 Å². The molecule has 1 aromatic rings. The van der Waals surface area contributed by atoms with E-state index in [9.17, 15) is 13.9 Å². The van der Waals surface area contributed by atoms with Gasteiger partial charge in [-0.2, -0.15) is 0 Å². The maximum Gasteiger partial charge on any atom is 0.142 e. The zero-order valence-electron chi connectivity index (χ0n) is 9.14. The summed E-state index contributed by atoms with van der Waals surface area (Å²) in [5, 5.41) is 9.43. The predicted molar refractivity (Wildman–Crippen MR) is 60.5 cm³/mol. The van der Waals surface area contributed by atoms with Crippen molar-refractivity contribution in [3.63, 3.8) is 0 Å². The molecule has 1 rings (SSSR count). The quantitative estimate of drug-likeness (QED) is 0.611. The van der Waals surface area contributed by atoms with E-state index in [0.717, 1.165) is 31.4 Å². The van der Waals surface area contributed by atoms with Gasteiger partial charge in [-0.3, -0.25) is 0 Å². The first-order valence-electron chi connectivity index (χ1n) is 5.38. The summed E-state index contributed by atoms with van der Waals surface area (Å²) in [5.41, 5.74) is -0.0157. The van der Waals surface area contributed by atoms with Crippen LogP contribution in [0.4, 0.5) is 8.78 Å². The van der Waals surface area contributed by atoms with Crippen molar-refractivity contribution in [2.24, 2.45) is 0 Å². The Morgan fingerprint density at radius 2 is 1.94 bits per heavy atom. The normalized spacial score (nSPS) is 12.8. The van der Waals surface area contributed by atoms with E-state index in [0.29, 0.717) is 6.42 Å². The van der Waals surface area contributed by atoms with Crippen molar-refractivity contribution in [2.75, 3.05) is 0 Å².